The first-order valence-corrected chi connectivity index (χ1v) is 11.9. The molecule has 1 amide bonds. The number of aryl methyl sites for hydroxylation is 1. The Morgan fingerprint density at radius 3 is 2.59 bits per heavy atom. The number of carbonyl (C=O) groups is 1. The van der Waals surface area contributed by atoms with E-state index in [1.807, 2.05) is 48.5 Å². The molecule has 6 heteroatoms. The summed E-state index contributed by atoms with van der Waals surface area (Å²) in [6, 6.07) is 15.4. The number of rotatable bonds is 10. The van der Waals surface area contributed by atoms with Crippen molar-refractivity contribution in [3.63, 3.8) is 0 Å². The zero-order valence-corrected chi connectivity index (χ0v) is 19.8. The van der Waals surface area contributed by atoms with E-state index in [4.69, 9.17) is 21.1 Å². The number of methoxy groups -OCH3 is 1. The van der Waals surface area contributed by atoms with Gasteiger partial charge in [-0.05, 0) is 73.4 Å². The predicted octanol–water partition coefficient (Wildman–Crippen LogP) is 6.46. The highest BCUT2D eigenvalue weighted by atomic mass is 35.5. The average molecular weight is 460 g/mol. The Morgan fingerprint density at radius 1 is 1.16 bits per heavy atom. The summed E-state index contributed by atoms with van der Waals surface area (Å²) in [5.41, 5.74) is 1.74. The van der Waals surface area contributed by atoms with Gasteiger partial charge in [-0.1, -0.05) is 43.7 Å². The van der Waals surface area contributed by atoms with E-state index in [0.717, 1.165) is 62.9 Å². The molecule has 3 rings (SSSR count). The number of likely N-dealkylation sites (tertiary alicyclic amines) is 1. The van der Waals surface area contributed by atoms with Gasteiger partial charge in [-0.2, -0.15) is 0 Å². The fourth-order valence-corrected chi connectivity index (χ4v) is 4.65. The first-order valence-electron chi connectivity index (χ1n) is 11.5. The maximum atomic E-state index is 11.4. The maximum absolute atomic E-state index is 11.4. The number of hydrogen-bond donors (Lipinski definition) is 1. The molecule has 0 radical (unpaired) electrons. The largest absolute Gasteiger partial charge is 0.457 e. The van der Waals surface area contributed by atoms with Crippen LogP contribution < -0.4 is 4.74 Å². The van der Waals surface area contributed by atoms with E-state index in [1.165, 1.54) is 7.11 Å². The molecule has 0 saturated carbocycles. The van der Waals surface area contributed by atoms with Crippen LogP contribution in [0.15, 0.2) is 48.5 Å². The van der Waals surface area contributed by atoms with Crippen molar-refractivity contribution in [1.82, 2.24) is 4.90 Å². The summed E-state index contributed by atoms with van der Waals surface area (Å²) in [4.78, 5) is 13.2. The molecule has 5 nitrogen and oxygen atoms in total. The molecular formula is C26H34ClNO4. The van der Waals surface area contributed by atoms with Crippen molar-refractivity contribution in [2.45, 2.75) is 57.7 Å². The lowest BCUT2D eigenvalue weighted by Gasteiger charge is -2.32. The molecule has 1 N–H and O–H groups in total. The van der Waals surface area contributed by atoms with Gasteiger partial charge in [-0.15, -0.1) is 0 Å². The summed E-state index contributed by atoms with van der Waals surface area (Å²) in [6.45, 7) is 3.57. The van der Waals surface area contributed by atoms with Crippen LogP contribution in [-0.4, -0.2) is 35.6 Å². The van der Waals surface area contributed by atoms with Gasteiger partial charge in [0.2, 0.25) is 0 Å². The lowest BCUT2D eigenvalue weighted by molar-refractivity contribution is -0.200. The van der Waals surface area contributed by atoms with E-state index in [2.05, 4.69) is 6.92 Å². The smallest absolute Gasteiger partial charge is 0.316 e. The van der Waals surface area contributed by atoms with E-state index in [-0.39, 0.29) is 5.37 Å². The molecule has 1 saturated heterocycles. The van der Waals surface area contributed by atoms with Crippen molar-refractivity contribution in [1.29, 1.82) is 0 Å². The number of benzene rings is 2. The van der Waals surface area contributed by atoms with Gasteiger partial charge < -0.3 is 19.5 Å². The van der Waals surface area contributed by atoms with Crippen LogP contribution in [-0.2, 0) is 16.9 Å². The Balaban J connectivity index is 1.63. The van der Waals surface area contributed by atoms with E-state index < -0.39 is 5.79 Å². The molecule has 0 aliphatic carbocycles. The van der Waals surface area contributed by atoms with Crippen LogP contribution in [0.4, 0.5) is 4.79 Å². The summed E-state index contributed by atoms with van der Waals surface area (Å²) in [6.07, 6.45) is 6.18. The Kier molecular flexibility index (Phi) is 8.97. The molecule has 2 aromatic carbocycles. The summed E-state index contributed by atoms with van der Waals surface area (Å²) < 4.78 is 11.8. The highest BCUT2D eigenvalue weighted by molar-refractivity contribution is 6.62. The third-order valence-electron chi connectivity index (χ3n) is 6.36. The van der Waals surface area contributed by atoms with Crippen LogP contribution in [0.1, 0.15) is 56.6 Å². The lowest BCUT2D eigenvalue weighted by atomic mass is 9.91. The van der Waals surface area contributed by atoms with Crippen molar-refractivity contribution >= 4 is 17.0 Å². The highest BCUT2D eigenvalue weighted by Crippen LogP contribution is 2.38. The molecule has 2 aromatic rings. The Morgan fingerprint density at radius 2 is 1.88 bits per heavy atom. The van der Waals surface area contributed by atoms with Crippen molar-refractivity contribution in [2.75, 3.05) is 20.2 Å². The SMILES string of the molecule is CCc1ccccc1Oc1ccccc1C(O)(CCCC[C@@H]1CCCN(C(=O)Cl)C1)OC. The number of unbranched alkanes of at least 4 members (excludes halogenated alkanes) is 1. The number of amides is 1. The van der Waals surface area contributed by atoms with Gasteiger partial charge >= 0.3 is 5.37 Å². The molecule has 174 valence electrons. The van der Waals surface area contributed by atoms with Crippen molar-refractivity contribution in [2.24, 2.45) is 5.92 Å². The number of carbonyl (C=O) groups excluding carboxylic acids is 1. The minimum atomic E-state index is -1.43. The highest BCUT2D eigenvalue weighted by Gasteiger charge is 2.32. The molecule has 1 aliphatic rings. The van der Waals surface area contributed by atoms with Crippen LogP contribution in [0.5, 0.6) is 11.5 Å². The number of hydrogen-bond acceptors (Lipinski definition) is 4. The second-order valence-electron chi connectivity index (χ2n) is 8.50. The second kappa shape index (κ2) is 11.7. The summed E-state index contributed by atoms with van der Waals surface area (Å²) >= 11 is 5.65. The first kappa shape index (κ1) is 24.6. The molecule has 32 heavy (non-hydrogen) atoms. The van der Waals surface area contributed by atoms with E-state index in [0.29, 0.717) is 23.7 Å². The van der Waals surface area contributed by atoms with Gasteiger partial charge in [-0.3, -0.25) is 4.79 Å². The van der Waals surface area contributed by atoms with Crippen LogP contribution in [0.2, 0.25) is 0 Å². The molecule has 2 atom stereocenters. The number of piperidine rings is 1. The number of aliphatic hydroxyl groups is 1. The van der Waals surface area contributed by atoms with E-state index >= 15 is 0 Å². The van der Waals surface area contributed by atoms with Gasteiger partial charge in [0.1, 0.15) is 11.5 Å². The molecule has 1 heterocycles. The normalized spacial score (nSPS) is 18.2. The number of ether oxygens (including phenoxy) is 2. The van der Waals surface area contributed by atoms with Crippen LogP contribution >= 0.6 is 11.6 Å². The lowest BCUT2D eigenvalue weighted by Crippen LogP contribution is -2.37. The van der Waals surface area contributed by atoms with Gasteiger partial charge in [0.25, 0.3) is 0 Å². The maximum Gasteiger partial charge on any atom is 0.316 e. The van der Waals surface area contributed by atoms with E-state index in [1.54, 1.807) is 4.90 Å². The van der Waals surface area contributed by atoms with Crippen molar-refractivity contribution < 1.29 is 19.4 Å². The number of halogens is 1. The average Bonchev–Trinajstić information content (AvgIpc) is 2.82. The fraction of sp³-hybridized carbons (Fsp3) is 0.500. The number of nitrogens with zero attached hydrogens (tertiary/aromatic N) is 1. The minimum absolute atomic E-state index is 0.357. The molecule has 0 aromatic heterocycles. The van der Waals surface area contributed by atoms with Crippen LogP contribution in [0, 0.1) is 5.92 Å². The summed E-state index contributed by atoms with van der Waals surface area (Å²) in [5, 5.41) is 11.0. The molecule has 1 unspecified atom stereocenters. The standard InChI is InChI=1S/C26H34ClNO4/c1-3-21-13-4-6-15-23(21)32-24-16-7-5-14-22(24)26(30,31-2)17-9-8-11-20-12-10-18-28(19-20)25(27)29/h4-7,13-16,20,30H,3,8-12,17-19H2,1-2H3/t20-,26?/m1/s1. The molecule has 0 bridgehead atoms. The van der Waals surface area contributed by atoms with Gasteiger partial charge in [0.15, 0.2) is 5.79 Å². The number of para-hydroxylation sites is 2. The van der Waals surface area contributed by atoms with Crippen LogP contribution in [0.3, 0.4) is 0 Å². The molecule has 1 fully saturated rings. The van der Waals surface area contributed by atoms with Crippen molar-refractivity contribution in [3.05, 3.63) is 59.7 Å². The zero-order chi connectivity index (χ0) is 23.0. The third kappa shape index (κ3) is 6.25. The molecule has 0 spiro atoms. The molecular weight excluding hydrogens is 426 g/mol. The third-order valence-corrected chi connectivity index (χ3v) is 6.60. The summed E-state index contributed by atoms with van der Waals surface area (Å²) in [7, 11) is 1.53. The van der Waals surface area contributed by atoms with Crippen molar-refractivity contribution in [3.8, 4) is 11.5 Å². The van der Waals surface area contributed by atoms with E-state index in [9.17, 15) is 9.90 Å². The second-order valence-corrected chi connectivity index (χ2v) is 8.82. The quantitative estimate of drug-likeness (QED) is 0.191. The first-order chi connectivity index (χ1) is 15.5. The zero-order valence-electron chi connectivity index (χ0n) is 19.1. The van der Waals surface area contributed by atoms with Gasteiger partial charge in [-0.25, -0.2) is 0 Å². The van der Waals surface area contributed by atoms with Gasteiger partial charge in [0.05, 0.1) is 5.56 Å². The Labute approximate surface area is 196 Å². The predicted molar refractivity (Wildman–Crippen MR) is 127 cm³/mol. The monoisotopic (exact) mass is 459 g/mol. The summed E-state index contributed by atoms with van der Waals surface area (Å²) in [5.74, 6) is 0.420. The van der Waals surface area contributed by atoms with Crippen LogP contribution in [0.25, 0.3) is 0 Å². The Bertz CT molecular complexity index is 890. The topological polar surface area (TPSA) is 59.0 Å². The Hall–Kier alpha value is -2.08. The molecule has 1 aliphatic heterocycles. The van der Waals surface area contributed by atoms with Gasteiger partial charge in [0, 0.05) is 26.6 Å². The minimum Gasteiger partial charge on any atom is -0.457 e. The fourth-order valence-electron chi connectivity index (χ4n) is 4.50.